The lowest BCUT2D eigenvalue weighted by Crippen LogP contribution is -2.27. The molecule has 5 heteroatoms. The van der Waals surface area contributed by atoms with Crippen molar-refractivity contribution < 1.29 is 4.79 Å². The Bertz CT molecular complexity index is 636. The zero-order valence-electron chi connectivity index (χ0n) is 11.7. The molecule has 1 aliphatic carbocycles. The fraction of sp³-hybridized carbons (Fsp3) is 0.312. The highest BCUT2D eigenvalue weighted by atomic mass is 35.5. The molecule has 0 spiro atoms. The summed E-state index contributed by atoms with van der Waals surface area (Å²) < 4.78 is 0. The van der Waals surface area contributed by atoms with Crippen LogP contribution < -0.4 is 5.32 Å². The van der Waals surface area contributed by atoms with Crippen molar-refractivity contribution in [2.24, 2.45) is 5.92 Å². The lowest BCUT2D eigenvalue weighted by Gasteiger charge is -2.14. The molecule has 0 saturated heterocycles. The second-order valence-corrected chi connectivity index (χ2v) is 5.71. The van der Waals surface area contributed by atoms with Crippen LogP contribution in [0, 0.1) is 5.92 Å². The maximum absolute atomic E-state index is 11.8. The van der Waals surface area contributed by atoms with Crippen molar-refractivity contribution in [3.63, 3.8) is 0 Å². The summed E-state index contributed by atoms with van der Waals surface area (Å²) in [5.74, 6) is 0.399. The third-order valence-corrected chi connectivity index (χ3v) is 3.87. The SMILES string of the molecule is C[C@H](NC(=O)C1CC1)c1ccc(-c2cnc(Cl)nc2)cc1. The van der Waals surface area contributed by atoms with Crippen LogP contribution in [0.2, 0.25) is 5.28 Å². The van der Waals surface area contributed by atoms with Crippen LogP contribution in [0.3, 0.4) is 0 Å². The van der Waals surface area contributed by atoms with E-state index < -0.39 is 0 Å². The standard InChI is InChI=1S/C16H16ClN3O/c1-10(20-15(21)13-6-7-13)11-2-4-12(5-3-11)14-8-18-16(17)19-9-14/h2-5,8-10,13H,6-7H2,1H3,(H,20,21)/t10-/m0/s1. The number of hydrogen-bond acceptors (Lipinski definition) is 3. The smallest absolute Gasteiger partial charge is 0.223 e. The van der Waals surface area contributed by atoms with Gasteiger partial charge in [0.1, 0.15) is 0 Å². The largest absolute Gasteiger partial charge is 0.349 e. The number of benzene rings is 1. The summed E-state index contributed by atoms with van der Waals surface area (Å²) in [5.41, 5.74) is 3.03. The first-order valence-electron chi connectivity index (χ1n) is 7.02. The maximum atomic E-state index is 11.8. The fourth-order valence-corrected chi connectivity index (χ4v) is 2.28. The molecule has 1 N–H and O–H groups in total. The van der Waals surface area contributed by atoms with E-state index in [-0.39, 0.29) is 23.2 Å². The van der Waals surface area contributed by atoms with E-state index in [1.165, 1.54) is 0 Å². The van der Waals surface area contributed by atoms with Crippen LogP contribution >= 0.6 is 11.6 Å². The Balaban J connectivity index is 1.70. The Morgan fingerprint density at radius 2 is 1.81 bits per heavy atom. The third-order valence-electron chi connectivity index (χ3n) is 3.67. The van der Waals surface area contributed by atoms with E-state index >= 15 is 0 Å². The first-order chi connectivity index (χ1) is 10.1. The van der Waals surface area contributed by atoms with Gasteiger partial charge in [-0.25, -0.2) is 9.97 Å². The van der Waals surface area contributed by atoms with Gasteiger partial charge < -0.3 is 5.32 Å². The first-order valence-corrected chi connectivity index (χ1v) is 7.39. The minimum atomic E-state index is 0.0219. The number of aromatic nitrogens is 2. The van der Waals surface area contributed by atoms with Crippen LogP contribution in [0.15, 0.2) is 36.7 Å². The van der Waals surface area contributed by atoms with Crippen molar-refractivity contribution in [1.82, 2.24) is 15.3 Å². The Morgan fingerprint density at radius 3 is 2.38 bits per heavy atom. The van der Waals surface area contributed by atoms with Gasteiger partial charge in [0, 0.05) is 23.9 Å². The summed E-state index contributed by atoms with van der Waals surface area (Å²) in [5, 5.41) is 3.29. The van der Waals surface area contributed by atoms with Gasteiger partial charge in [-0.05, 0) is 42.5 Å². The number of hydrogen-bond donors (Lipinski definition) is 1. The molecule has 2 aromatic rings. The lowest BCUT2D eigenvalue weighted by atomic mass is 10.0. The molecular weight excluding hydrogens is 286 g/mol. The zero-order valence-corrected chi connectivity index (χ0v) is 12.5. The van der Waals surface area contributed by atoms with Gasteiger partial charge in [-0.2, -0.15) is 0 Å². The maximum Gasteiger partial charge on any atom is 0.223 e. The van der Waals surface area contributed by atoms with E-state index in [1.807, 2.05) is 31.2 Å². The summed E-state index contributed by atoms with van der Waals surface area (Å²) in [7, 11) is 0. The molecule has 0 bridgehead atoms. The number of halogens is 1. The van der Waals surface area contributed by atoms with E-state index in [0.29, 0.717) is 0 Å². The summed E-state index contributed by atoms with van der Waals surface area (Å²) in [4.78, 5) is 19.7. The predicted octanol–water partition coefficient (Wildman–Crippen LogP) is 3.38. The summed E-state index contributed by atoms with van der Waals surface area (Å²) in [6.45, 7) is 2.00. The molecule has 21 heavy (non-hydrogen) atoms. The molecule has 0 radical (unpaired) electrons. The third kappa shape index (κ3) is 3.39. The normalized spacial score (nSPS) is 15.5. The molecule has 0 unspecified atom stereocenters. The molecule has 1 saturated carbocycles. The van der Waals surface area contributed by atoms with Crippen molar-refractivity contribution in [3.8, 4) is 11.1 Å². The van der Waals surface area contributed by atoms with Gasteiger partial charge >= 0.3 is 0 Å². The van der Waals surface area contributed by atoms with E-state index in [9.17, 15) is 4.79 Å². The van der Waals surface area contributed by atoms with Crippen molar-refractivity contribution >= 4 is 17.5 Å². The van der Waals surface area contributed by atoms with Crippen LogP contribution in [0.5, 0.6) is 0 Å². The summed E-state index contributed by atoms with van der Waals surface area (Å²) in [6.07, 6.45) is 5.44. The van der Waals surface area contributed by atoms with E-state index in [0.717, 1.165) is 29.5 Å². The molecule has 108 valence electrons. The second kappa shape index (κ2) is 5.82. The van der Waals surface area contributed by atoms with Crippen molar-refractivity contribution in [2.45, 2.75) is 25.8 Å². The second-order valence-electron chi connectivity index (χ2n) is 5.37. The number of nitrogens with one attached hydrogen (secondary N) is 1. The van der Waals surface area contributed by atoms with Crippen LogP contribution in [-0.2, 0) is 4.79 Å². The molecule has 1 aliphatic rings. The highest BCUT2D eigenvalue weighted by molar-refractivity contribution is 6.28. The first kappa shape index (κ1) is 14.0. The number of carbonyl (C=O) groups excluding carboxylic acids is 1. The van der Waals surface area contributed by atoms with Gasteiger partial charge in [0.05, 0.1) is 6.04 Å². The topological polar surface area (TPSA) is 54.9 Å². The van der Waals surface area contributed by atoms with Crippen LogP contribution in [-0.4, -0.2) is 15.9 Å². The van der Waals surface area contributed by atoms with Crippen LogP contribution in [0.25, 0.3) is 11.1 Å². The van der Waals surface area contributed by atoms with Crippen LogP contribution in [0.4, 0.5) is 0 Å². The monoisotopic (exact) mass is 301 g/mol. The zero-order chi connectivity index (χ0) is 14.8. The molecule has 1 aromatic heterocycles. The summed E-state index contributed by atoms with van der Waals surface area (Å²) >= 11 is 5.68. The molecule has 3 rings (SSSR count). The minimum Gasteiger partial charge on any atom is -0.349 e. The Labute approximate surface area is 128 Å². The molecular formula is C16H16ClN3O. The van der Waals surface area contributed by atoms with E-state index in [1.54, 1.807) is 12.4 Å². The highest BCUT2D eigenvalue weighted by Gasteiger charge is 2.30. The molecule has 1 atom stereocenters. The average Bonchev–Trinajstić information content (AvgIpc) is 3.33. The van der Waals surface area contributed by atoms with Gasteiger partial charge in [-0.15, -0.1) is 0 Å². The number of rotatable bonds is 4. The summed E-state index contributed by atoms with van der Waals surface area (Å²) in [6, 6.07) is 8.06. The Morgan fingerprint density at radius 1 is 1.19 bits per heavy atom. The van der Waals surface area contributed by atoms with Gasteiger partial charge in [-0.3, -0.25) is 4.79 Å². The predicted molar refractivity (Wildman–Crippen MR) is 81.8 cm³/mol. The van der Waals surface area contributed by atoms with Crippen LogP contribution in [0.1, 0.15) is 31.4 Å². The average molecular weight is 302 g/mol. The minimum absolute atomic E-state index is 0.0219. The molecule has 4 nitrogen and oxygen atoms in total. The van der Waals surface area contributed by atoms with Crippen molar-refractivity contribution in [2.75, 3.05) is 0 Å². The van der Waals surface area contributed by atoms with Crippen molar-refractivity contribution in [1.29, 1.82) is 0 Å². The lowest BCUT2D eigenvalue weighted by molar-refractivity contribution is -0.122. The molecule has 1 amide bonds. The quantitative estimate of drug-likeness (QED) is 0.881. The Hall–Kier alpha value is -1.94. The van der Waals surface area contributed by atoms with E-state index in [2.05, 4.69) is 15.3 Å². The highest BCUT2D eigenvalue weighted by Crippen LogP contribution is 2.30. The van der Waals surface area contributed by atoms with Gasteiger partial charge in [0.2, 0.25) is 11.2 Å². The van der Waals surface area contributed by atoms with Gasteiger partial charge in [0.25, 0.3) is 0 Å². The molecule has 1 fully saturated rings. The van der Waals surface area contributed by atoms with Gasteiger partial charge in [0.15, 0.2) is 0 Å². The fourth-order valence-electron chi connectivity index (χ4n) is 2.19. The molecule has 1 heterocycles. The Kier molecular flexibility index (Phi) is 3.88. The van der Waals surface area contributed by atoms with Gasteiger partial charge in [-0.1, -0.05) is 24.3 Å². The number of nitrogens with zero attached hydrogens (tertiary/aromatic N) is 2. The number of amides is 1. The molecule has 0 aliphatic heterocycles. The van der Waals surface area contributed by atoms with Crippen molar-refractivity contribution in [3.05, 3.63) is 47.5 Å². The van der Waals surface area contributed by atoms with E-state index in [4.69, 9.17) is 11.6 Å². The number of carbonyl (C=O) groups is 1. The molecule has 1 aromatic carbocycles.